The predicted molar refractivity (Wildman–Crippen MR) is 40.7 cm³/mol. The van der Waals surface area contributed by atoms with Gasteiger partial charge in [-0.25, -0.2) is 0 Å². The standard InChI is InChI=1S/C6H12N2S/c1-8-2-5-4-9-6(3-8)7-5/h5-7H,2-4H2,1H3. The first-order chi connectivity index (χ1) is 4.34. The molecule has 0 aromatic carbocycles. The summed E-state index contributed by atoms with van der Waals surface area (Å²) >= 11 is 2.06. The third-order valence-electron chi connectivity index (χ3n) is 1.93. The van der Waals surface area contributed by atoms with E-state index in [9.17, 15) is 0 Å². The number of hydrogen-bond donors (Lipinski definition) is 1. The van der Waals surface area contributed by atoms with Crippen molar-refractivity contribution in [1.82, 2.24) is 10.2 Å². The molecule has 0 amide bonds. The molecule has 2 fully saturated rings. The number of likely N-dealkylation sites (N-methyl/N-ethyl adjacent to an activating group) is 1. The molecule has 9 heavy (non-hydrogen) atoms. The molecule has 52 valence electrons. The van der Waals surface area contributed by atoms with Gasteiger partial charge in [0.15, 0.2) is 0 Å². The van der Waals surface area contributed by atoms with Gasteiger partial charge in [-0.2, -0.15) is 0 Å². The van der Waals surface area contributed by atoms with E-state index in [0.29, 0.717) is 0 Å². The van der Waals surface area contributed by atoms with Gasteiger partial charge in [-0.1, -0.05) is 0 Å². The van der Waals surface area contributed by atoms with Gasteiger partial charge in [0, 0.05) is 24.9 Å². The number of nitrogens with zero attached hydrogens (tertiary/aromatic N) is 1. The van der Waals surface area contributed by atoms with Crippen LogP contribution in [0.4, 0.5) is 0 Å². The van der Waals surface area contributed by atoms with E-state index in [4.69, 9.17) is 0 Å². The molecular formula is C6H12N2S. The summed E-state index contributed by atoms with van der Waals surface area (Å²) in [7, 11) is 2.20. The molecule has 2 aliphatic rings. The summed E-state index contributed by atoms with van der Waals surface area (Å²) in [6, 6.07) is 0.777. The molecule has 3 heteroatoms. The largest absolute Gasteiger partial charge is 0.302 e. The Hall–Kier alpha value is 0.270. The lowest BCUT2D eigenvalue weighted by Gasteiger charge is -2.28. The fourth-order valence-electron chi connectivity index (χ4n) is 1.54. The van der Waals surface area contributed by atoms with Gasteiger partial charge < -0.3 is 4.90 Å². The highest BCUT2D eigenvalue weighted by molar-refractivity contribution is 8.00. The van der Waals surface area contributed by atoms with Crippen molar-refractivity contribution < 1.29 is 0 Å². The highest BCUT2D eigenvalue weighted by Gasteiger charge is 2.30. The summed E-state index contributed by atoms with van der Waals surface area (Å²) in [4.78, 5) is 2.41. The minimum absolute atomic E-state index is 0.730. The molecule has 2 aliphatic heterocycles. The van der Waals surface area contributed by atoms with E-state index >= 15 is 0 Å². The number of piperazine rings is 1. The van der Waals surface area contributed by atoms with Crippen LogP contribution in [0, 0.1) is 0 Å². The first kappa shape index (κ1) is 6.01. The van der Waals surface area contributed by atoms with Crippen LogP contribution in [0.1, 0.15) is 0 Å². The lowest BCUT2D eigenvalue weighted by atomic mass is 10.2. The molecule has 0 aromatic heterocycles. The van der Waals surface area contributed by atoms with Crippen molar-refractivity contribution in [3.63, 3.8) is 0 Å². The second-order valence-corrected chi connectivity index (χ2v) is 4.14. The van der Waals surface area contributed by atoms with E-state index in [1.54, 1.807) is 0 Å². The number of rotatable bonds is 0. The van der Waals surface area contributed by atoms with Crippen LogP contribution in [0.15, 0.2) is 0 Å². The van der Waals surface area contributed by atoms with Crippen molar-refractivity contribution in [2.45, 2.75) is 11.4 Å². The zero-order chi connectivity index (χ0) is 6.27. The van der Waals surface area contributed by atoms with E-state index in [0.717, 1.165) is 11.4 Å². The molecule has 2 rings (SSSR count). The molecular weight excluding hydrogens is 132 g/mol. The molecule has 2 saturated heterocycles. The maximum absolute atomic E-state index is 3.54. The molecule has 2 nitrogen and oxygen atoms in total. The van der Waals surface area contributed by atoms with Crippen molar-refractivity contribution >= 4 is 11.8 Å². The lowest BCUT2D eigenvalue weighted by Crippen LogP contribution is -2.49. The quantitative estimate of drug-likeness (QED) is 0.514. The molecule has 2 heterocycles. The van der Waals surface area contributed by atoms with E-state index in [1.165, 1.54) is 18.8 Å². The smallest absolute Gasteiger partial charge is 0.0664 e. The van der Waals surface area contributed by atoms with Crippen LogP contribution in [0.5, 0.6) is 0 Å². The number of nitrogens with one attached hydrogen (secondary N) is 1. The Morgan fingerprint density at radius 2 is 2.44 bits per heavy atom. The van der Waals surface area contributed by atoms with Crippen LogP contribution in [-0.4, -0.2) is 42.2 Å². The highest BCUT2D eigenvalue weighted by Crippen LogP contribution is 2.23. The Labute approximate surface area is 60.0 Å². The molecule has 2 bridgehead atoms. The number of thioether (sulfide) groups is 1. The average molecular weight is 144 g/mol. The minimum atomic E-state index is 0.730. The second-order valence-electron chi connectivity index (χ2n) is 2.91. The van der Waals surface area contributed by atoms with E-state index in [2.05, 4.69) is 29.0 Å². The lowest BCUT2D eigenvalue weighted by molar-refractivity contribution is 0.249. The second kappa shape index (κ2) is 2.15. The molecule has 0 aliphatic carbocycles. The van der Waals surface area contributed by atoms with Gasteiger partial charge in [0.05, 0.1) is 5.37 Å². The third kappa shape index (κ3) is 1.09. The number of hydrogen-bond acceptors (Lipinski definition) is 3. The SMILES string of the molecule is CN1CC2CSC(C1)N2. The van der Waals surface area contributed by atoms with Crippen LogP contribution >= 0.6 is 11.8 Å². The van der Waals surface area contributed by atoms with Crippen molar-refractivity contribution in [3.05, 3.63) is 0 Å². The summed E-state index contributed by atoms with van der Waals surface area (Å²) in [5, 5.41) is 4.27. The van der Waals surface area contributed by atoms with Crippen LogP contribution in [0.2, 0.25) is 0 Å². The van der Waals surface area contributed by atoms with Crippen LogP contribution in [-0.2, 0) is 0 Å². The maximum Gasteiger partial charge on any atom is 0.0664 e. The average Bonchev–Trinajstić information content (AvgIpc) is 2.11. The summed E-state index contributed by atoms with van der Waals surface area (Å²) in [5.41, 5.74) is 0. The van der Waals surface area contributed by atoms with Crippen LogP contribution in [0.25, 0.3) is 0 Å². The monoisotopic (exact) mass is 144 g/mol. The van der Waals surface area contributed by atoms with Gasteiger partial charge in [0.1, 0.15) is 0 Å². The fraction of sp³-hybridized carbons (Fsp3) is 1.00. The Kier molecular flexibility index (Phi) is 1.43. The van der Waals surface area contributed by atoms with E-state index < -0.39 is 0 Å². The van der Waals surface area contributed by atoms with Gasteiger partial charge in [0.2, 0.25) is 0 Å². The van der Waals surface area contributed by atoms with Crippen molar-refractivity contribution in [2.24, 2.45) is 0 Å². The predicted octanol–water partition coefficient (Wildman–Crippen LogP) is -0.0371. The van der Waals surface area contributed by atoms with Crippen molar-refractivity contribution in [1.29, 1.82) is 0 Å². The Bertz CT molecular complexity index is 106. The molecule has 0 spiro atoms. The summed E-state index contributed by atoms with van der Waals surface area (Å²) in [5.74, 6) is 1.31. The summed E-state index contributed by atoms with van der Waals surface area (Å²) < 4.78 is 0. The summed E-state index contributed by atoms with van der Waals surface area (Å²) in [6.45, 7) is 2.46. The van der Waals surface area contributed by atoms with Gasteiger partial charge in [-0.05, 0) is 7.05 Å². The molecule has 2 unspecified atom stereocenters. The van der Waals surface area contributed by atoms with Crippen LogP contribution in [0.3, 0.4) is 0 Å². The normalized spacial score (nSPS) is 43.7. The zero-order valence-electron chi connectivity index (χ0n) is 5.63. The van der Waals surface area contributed by atoms with Crippen molar-refractivity contribution in [3.8, 4) is 0 Å². The molecule has 0 radical (unpaired) electrons. The van der Waals surface area contributed by atoms with Crippen LogP contribution < -0.4 is 5.32 Å². The molecule has 2 atom stereocenters. The molecule has 1 N–H and O–H groups in total. The van der Waals surface area contributed by atoms with E-state index in [1.807, 2.05) is 0 Å². The first-order valence-corrected chi connectivity index (χ1v) is 4.45. The summed E-state index contributed by atoms with van der Waals surface area (Å²) in [6.07, 6.45) is 0. The Balaban J connectivity index is 2.03. The topological polar surface area (TPSA) is 15.3 Å². The third-order valence-corrected chi connectivity index (χ3v) is 3.21. The Morgan fingerprint density at radius 1 is 1.56 bits per heavy atom. The van der Waals surface area contributed by atoms with Gasteiger partial charge in [-0.15, -0.1) is 11.8 Å². The van der Waals surface area contributed by atoms with Gasteiger partial charge in [0.25, 0.3) is 0 Å². The Morgan fingerprint density at radius 3 is 3.22 bits per heavy atom. The first-order valence-electron chi connectivity index (χ1n) is 3.41. The van der Waals surface area contributed by atoms with E-state index in [-0.39, 0.29) is 0 Å². The fourth-order valence-corrected chi connectivity index (χ4v) is 2.85. The minimum Gasteiger partial charge on any atom is -0.302 e. The highest BCUT2D eigenvalue weighted by atomic mass is 32.2. The van der Waals surface area contributed by atoms with Gasteiger partial charge in [-0.3, -0.25) is 5.32 Å². The molecule has 0 saturated carbocycles. The number of fused-ring (bicyclic) bond motifs is 2. The maximum atomic E-state index is 3.54. The zero-order valence-corrected chi connectivity index (χ0v) is 6.45. The van der Waals surface area contributed by atoms with Crippen molar-refractivity contribution in [2.75, 3.05) is 25.9 Å². The van der Waals surface area contributed by atoms with Gasteiger partial charge >= 0.3 is 0 Å². The molecule has 0 aromatic rings.